The van der Waals surface area contributed by atoms with Gasteiger partial charge in [-0.05, 0) is 24.6 Å². The van der Waals surface area contributed by atoms with Crippen LogP contribution >= 0.6 is 0 Å². The number of hydrogen-bond acceptors (Lipinski definition) is 4. The maximum Gasteiger partial charge on any atom is 0.299 e. The van der Waals surface area contributed by atoms with Gasteiger partial charge in [0.1, 0.15) is 0 Å². The van der Waals surface area contributed by atoms with E-state index in [0.717, 1.165) is 0 Å². The predicted molar refractivity (Wildman–Crippen MR) is 68.8 cm³/mol. The van der Waals surface area contributed by atoms with E-state index in [1.165, 1.54) is 25.1 Å². The molecule has 7 nitrogen and oxygen atoms in total. The van der Waals surface area contributed by atoms with Gasteiger partial charge in [0, 0.05) is 6.54 Å². The summed E-state index contributed by atoms with van der Waals surface area (Å²) in [6.45, 7) is 3.33. The normalized spacial score (nSPS) is 12.4. The van der Waals surface area contributed by atoms with Crippen molar-refractivity contribution in [1.82, 2.24) is 4.72 Å². The molecule has 0 spiro atoms. The molecule has 0 radical (unpaired) electrons. The van der Waals surface area contributed by atoms with E-state index in [2.05, 4.69) is 9.44 Å². The summed E-state index contributed by atoms with van der Waals surface area (Å²) in [6.07, 6.45) is 0. The van der Waals surface area contributed by atoms with E-state index in [-0.39, 0.29) is 22.7 Å². The highest BCUT2D eigenvalue weighted by Gasteiger charge is 2.16. The average Bonchev–Trinajstić information content (AvgIpc) is 2.18. The van der Waals surface area contributed by atoms with E-state index < -0.39 is 20.2 Å². The van der Waals surface area contributed by atoms with Crippen LogP contribution in [0.2, 0.25) is 0 Å². The molecule has 0 fully saturated rings. The Kier molecular flexibility index (Phi) is 4.32. The molecule has 9 heteroatoms. The number of sulfonamides is 1. The van der Waals surface area contributed by atoms with Crippen LogP contribution in [0.3, 0.4) is 0 Å². The van der Waals surface area contributed by atoms with Crippen LogP contribution in [0.1, 0.15) is 12.5 Å². The van der Waals surface area contributed by atoms with Crippen molar-refractivity contribution >= 4 is 25.9 Å². The van der Waals surface area contributed by atoms with Crippen LogP contribution < -0.4 is 14.6 Å². The van der Waals surface area contributed by atoms with E-state index in [9.17, 15) is 16.8 Å². The summed E-state index contributed by atoms with van der Waals surface area (Å²) < 4.78 is 50.1. The molecule has 0 saturated heterocycles. The minimum absolute atomic E-state index is 0.112. The third kappa shape index (κ3) is 3.67. The van der Waals surface area contributed by atoms with Crippen molar-refractivity contribution in [2.75, 3.05) is 11.3 Å². The number of benzene rings is 1. The highest BCUT2D eigenvalue weighted by Crippen LogP contribution is 2.22. The zero-order chi connectivity index (χ0) is 14.0. The van der Waals surface area contributed by atoms with Gasteiger partial charge in [-0.25, -0.2) is 13.6 Å². The Labute approximate surface area is 107 Å². The van der Waals surface area contributed by atoms with Crippen LogP contribution in [-0.4, -0.2) is 23.4 Å². The molecule has 1 aromatic carbocycles. The molecule has 0 aromatic heterocycles. The minimum Gasteiger partial charge on any atom is -0.271 e. The van der Waals surface area contributed by atoms with Crippen molar-refractivity contribution in [2.24, 2.45) is 5.14 Å². The van der Waals surface area contributed by atoms with E-state index in [1.54, 1.807) is 6.92 Å². The lowest BCUT2D eigenvalue weighted by atomic mass is 10.2. The zero-order valence-corrected chi connectivity index (χ0v) is 11.6. The Morgan fingerprint density at radius 2 is 1.83 bits per heavy atom. The minimum atomic E-state index is -3.88. The molecule has 1 rings (SSSR count). The largest absolute Gasteiger partial charge is 0.299 e. The van der Waals surface area contributed by atoms with Crippen molar-refractivity contribution in [2.45, 2.75) is 18.7 Å². The lowest BCUT2D eigenvalue weighted by Crippen LogP contribution is -2.30. The maximum absolute atomic E-state index is 11.5. The molecule has 18 heavy (non-hydrogen) atoms. The lowest BCUT2D eigenvalue weighted by molar-refractivity contribution is 0.588. The molecule has 0 amide bonds. The fraction of sp³-hybridized carbons (Fsp3) is 0.333. The van der Waals surface area contributed by atoms with Gasteiger partial charge in [0.2, 0.25) is 10.0 Å². The van der Waals surface area contributed by atoms with Gasteiger partial charge in [-0.1, -0.05) is 13.0 Å². The van der Waals surface area contributed by atoms with Gasteiger partial charge in [-0.3, -0.25) is 4.72 Å². The second-order valence-electron chi connectivity index (χ2n) is 3.58. The standard InChI is InChI=1S/C9H15N3O4S2/c1-3-11-18(15,16)12-8-5-4-6-9(7(8)2)17(10,13)14/h4-6,11-12H,3H2,1-2H3,(H2,10,13,14). The van der Waals surface area contributed by atoms with Crippen molar-refractivity contribution in [3.05, 3.63) is 23.8 Å². The molecule has 0 saturated carbocycles. The molecule has 0 atom stereocenters. The van der Waals surface area contributed by atoms with Crippen molar-refractivity contribution in [3.8, 4) is 0 Å². The van der Waals surface area contributed by atoms with Crippen LogP contribution in [0.5, 0.6) is 0 Å². The number of nitrogens with two attached hydrogens (primary N) is 1. The Balaban J connectivity index is 3.22. The SMILES string of the molecule is CCNS(=O)(=O)Nc1cccc(S(N)(=O)=O)c1C. The van der Waals surface area contributed by atoms with Gasteiger partial charge in [-0.2, -0.15) is 13.1 Å². The molecular formula is C9H15N3O4S2. The Bertz CT molecular complexity index is 638. The molecule has 102 valence electrons. The average molecular weight is 293 g/mol. The molecule has 0 aliphatic heterocycles. The summed E-state index contributed by atoms with van der Waals surface area (Å²) in [5.41, 5.74) is 0.420. The summed E-state index contributed by atoms with van der Waals surface area (Å²) in [6, 6.07) is 4.19. The molecule has 0 aliphatic carbocycles. The van der Waals surface area contributed by atoms with Crippen LogP contribution in [0, 0.1) is 6.92 Å². The number of rotatable bonds is 5. The third-order valence-corrected chi connectivity index (χ3v) is 4.38. The number of nitrogens with one attached hydrogen (secondary N) is 2. The summed E-state index contributed by atoms with van der Waals surface area (Å²) in [5.74, 6) is 0. The summed E-state index contributed by atoms with van der Waals surface area (Å²) >= 11 is 0. The molecule has 4 N–H and O–H groups in total. The monoisotopic (exact) mass is 293 g/mol. The highest BCUT2D eigenvalue weighted by molar-refractivity contribution is 7.90. The predicted octanol–water partition coefficient (Wildman–Crippen LogP) is -0.0914. The second kappa shape index (κ2) is 5.22. The van der Waals surface area contributed by atoms with Crippen molar-refractivity contribution in [1.29, 1.82) is 0 Å². The Morgan fingerprint density at radius 1 is 1.22 bits per heavy atom. The van der Waals surface area contributed by atoms with Gasteiger partial charge in [-0.15, -0.1) is 0 Å². The fourth-order valence-electron chi connectivity index (χ4n) is 1.40. The molecule has 0 unspecified atom stereocenters. The summed E-state index contributed by atoms with van der Waals surface area (Å²) in [4.78, 5) is -0.112. The highest BCUT2D eigenvalue weighted by atomic mass is 32.2. The third-order valence-electron chi connectivity index (χ3n) is 2.17. The first-order valence-electron chi connectivity index (χ1n) is 5.07. The van der Waals surface area contributed by atoms with Gasteiger partial charge >= 0.3 is 0 Å². The van der Waals surface area contributed by atoms with Crippen LogP contribution in [-0.2, 0) is 20.2 Å². The topological polar surface area (TPSA) is 118 Å². The second-order valence-corrected chi connectivity index (χ2v) is 6.61. The number of anilines is 1. The lowest BCUT2D eigenvalue weighted by Gasteiger charge is -2.12. The van der Waals surface area contributed by atoms with Gasteiger partial charge in [0.15, 0.2) is 0 Å². The maximum atomic E-state index is 11.5. The van der Waals surface area contributed by atoms with Crippen LogP contribution in [0.4, 0.5) is 5.69 Å². The van der Waals surface area contributed by atoms with E-state index in [0.29, 0.717) is 0 Å². The number of primary sulfonamides is 1. The quantitative estimate of drug-likeness (QED) is 0.703. The van der Waals surface area contributed by atoms with Crippen molar-refractivity contribution < 1.29 is 16.8 Å². The summed E-state index contributed by atoms with van der Waals surface area (Å²) in [5, 5.41) is 5.03. The zero-order valence-electron chi connectivity index (χ0n) is 9.97. The number of hydrogen-bond donors (Lipinski definition) is 3. The first-order valence-corrected chi connectivity index (χ1v) is 8.10. The van der Waals surface area contributed by atoms with Gasteiger partial charge in [0.25, 0.3) is 10.2 Å². The first kappa shape index (κ1) is 14.9. The van der Waals surface area contributed by atoms with Gasteiger partial charge < -0.3 is 0 Å². The Hall–Kier alpha value is -1.16. The van der Waals surface area contributed by atoms with Crippen molar-refractivity contribution in [3.63, 3.8) is 0 Å². The molecule has 1 aromatic rings. The van der Waals surface area contributed by atoms with Crippen LogP contribution in [0.25, 0.3) is 0 Å². The van der Waals surface area contributed by atoms with E-state index in [4.69, 9.17) is 5.14 Å². The van der Waals surface area contributed by atoms with Gasteiger partial charge in [0.05, 0.1) is 10.6 Å². The Morgan fingerprint density at radius 3 is 2.33 bits per heavy atom. The van der Waals surface area contributed by atoms with E-state index in [1.807, 2.05) is 0 Å². The summed E-state index contributed by atoms with van der Waals surface area (Å²) in [7, 11) is -7.58. The molecule has 0 heterocycles. The fourth-order valence-corrected chi connectivity index (χ4v) is 3.17. The smallest absolute Gasteiger partial charge is 0.271 e. The van der Waals surface area contributed by atoms with Crippen LogP contribution in [0.15, 0.2) is 23.1 Å². The molecule has 0 aliphatic rings. The van der Waals surface area contributed by atoms with E-state index >= 15 is 0 Å². The molecular weight excluding hydrogens is 278 g/mol. The first-order chi connectivity index (χ1) is 8.17. The molecule has 0 bridgehead atoms.